The fourth-order valence-electron chi connectivity index (χ4n) is 1.16. The predicted molar refractivity (Wildman–Crippen MR) is 65.4 cm³/mol. The Kier molecular flexibility index (Phi) is 10.7. The lowest BCUT2D eigenvalue weighted by Gasteiger charge is -2.08. The van der Waals surface area contributed by atoms with Gasteiger partial charge in [0, 0.05) is 32.8 Å². The molecule has 2 N–H and O–H groups in total. The van der Waals surface area contributed by atoms with E-state index in [2.05, 4.69) is 29.5 Å². The van der Waals surface area contributed by atoms with Crippen LogP contribution in [0.4, 0.5) is 0 Å². The lowest BCUT2D eigenvalue weighted by Crippen LogP contribution is -2.37. The molecule has 0 aromatic carbocycles. The monoisotopic (exact) mass is 215 g/mol. The molecule has 0 unspecified atom stereocenters. The van der Waals surface area contributed by atoms with Crippen LogP contribution in [0.1, 0.15) is 33.6 Å². The van der Waals surface area contributed by atoms with Crippen LogP contribution < -0.4 is 10.6 Å². The maximum Gasteiger partial charge on any atom is 0.191 e. The number of guanidine groups is 1. The van der Waals surface area contributed by atoms with Crippen molar-refractivity contribution >= 4 is 5.96 Å². The lowest BCUT2D eigenvalue weighted by atomic mass is 10.3. The van der Waals surface area contributed by atoms with E-state index >= 15 is 0 Å². The molecule has 0 bridgehead atoms. The van der Waals surface area contributed by atoms with E-state index in [4.69, 9.17) is 4.74 Å². The molecule has 0 aromatic heterocycles. The highest BCUT2D eigenvalue weighted by molar-refractivity contribution is 5.79. The van der Waals surface area contributed by atoms with Crippen LogP contribution in [0.15, 0.2) is 4.99 Å². The maximum absolute atomic E-state index is 5.26. The first-order chi connectivity index (χ1) is 7.35. The van der Waals surface area contributed by atoms with Gasteiger partial charge in [0.2, 0.25) is 0 Å². The van der Waals surface area contributed by atoms with Gasteiger partial charge in [-0.25, -0.2) is 0 Å². The topological polar surface area (TPSA) is 45.7 Å². The molecule has 15 heavy (non-hydrogen) atoms. The summed E-state index contributed by atoms with van der Waals surface area (Å²) in [5, 5.41) is 6.39. The number of hydrogen-bond acceptors (Lipinski definition) is 2. The van der Waals surface area contributed by atoms with E-state index in [1.807, 2.05) is 6.92 Å². The Hall–Kier alpha value is -0.770. The van der Waals surface area contributed by atoms with Crippen molar-refractivity contribution in [2.75, 3.05) is 32.8 Å². The highest BCUT2D eigenvalue weighted by Crippen LogP contribution is 1.90. The molecule has 0 fully saturated rings. The van der Waals surface area contributed by atoms with Gasteiger partial charge >= 0.3 is 0 Å². The summed E-state index contributed by atoms with van der Waals surface area (Å²) in [6.07, 6.45) is 2.17. The summed E-state index contributed by atoms with van der Waals surface area (Å²) in [4.78, 5) is 4.44. The molecule has 0 saturated heterocycles. The number of nitrogens with one attached hydrogen (secondary N) is 2. The third-order valence-electron chi connectivity index (χ3n) is 1.86. The quantitative estimate of drug-likeness (QED) is 0.365. The molecule has 0 radical (unpaired) electrons. The number of hydrogen-bond donors (Lipinski definition) is 2. The number of nitrogens with zero attached hydrogens (tertiary/aromatic N) is 1. The van der Waals surface area contributed by atoms with Gasteiger partial charge in [0.05, 0.1) is 0 Å². The lowest BCUT2D eigenvalue weighted by molar-refractivity contribution is 0.144. The van der Waals surface area contributed by atoms with Crippen LogP contribution in [0.3, 0.4) is 0 Å². The molecule has 0 aliphatic rings. The van der Waals surface area contributed by atoms with E-state index in [1.165, 1.54) is 0 Å². The first-order valence-electron chi connectivity index (χ1n) is 5.95. The van der Waals surface area contributed by atoms with Crippen molar-refractivity contribution in [3.8, 4) is 0 Å². The zero-order valence-corrected chi connectivity index (χ0v) is 10.3. The summed E-state index contributed by atoms with van der Waals surface area (Å²) in [5.41, 5.74) is 0. The summed E-state index contributed by atoms with van der Waals surface area (Å²) < 4.78 is 5.26. The van der Waals surface area contributed by atoms with Gasteiger partial charge in [0.1, 0.15) is 0 Å². The molecule has 4 nitrogen and oxygen atoms in total. The average Bonchev–Trinajstić information content (AvgIpc) is 2.24. The molecular weight excluding hydrogens is 190 g/mol. The number of ether oxygens (including phenoxy) is 1. The van der Waals surface area contributed by atoms with E-state index in [-0.39, 0.29) is 0 Å². The minimum Gasteiger partial charge on any atom is -0.382 e. The second-order valence-corrected chi connectivity index (χ2v) is 3.20. The van der Waals surface area contributed by atoms with Crippen LogP contribution in [0.2, 0.25) is 0 Å². The first kappa shape index (κ1) is 14.2. The standard InChI is InChI=1S/C11H25N3O/c1-4-12-11(13-5-2)14-9-7-8-10-15-6-3/h4-10H2,1-3H3,(H2,12,13,14). The molecule has 90 valence electrons. The van der Waals surface area contributed by atoms with E-state index in [1.54, 1.807) is 0 Å². The SMILES string of the molecule is CCNC(=NCCCCOCC)NCC. The molecule has 0 aromatic rings. The first-order valence-corrected chi connectivity index (χ1v) is 5.95. The number of rotatable bonds is 8. The summed E-state index contributed by atoms with van der Waals surface area (Å²) in [7, 11) is 0. The van der Waals surface area contributed by atoms with E-state index < -0.39 is 0 Å². The van der Waals surface area contributed by atoms with Crippen LogP contribution in [-0.2, 0) is 4.74 Å². The van der Waals surface area contributed by atoms with Gasteiger partial charge in [0.15, 0.2) is 5.96 Å². The fraction of sp³-hybridized carbons (Fsp3) is 0.909. The van der Waals surface area contributed by atoms with E-state index in [9.17, 15) is 0 Å². The summed E-state index contributed by atoms with van der Waals surface area (Å²) in [6, 6.07) is 0. The minimum absolute atomic E-state index is 0.809. The molecular formula is C11H25N3O. The van der Waals surface area contributed by atoms with Crippen molar-refractivity contribution in [1.82, 2.24) is 10.6 Å². The smallest absolute Gasteiger partial charge is 0.191 e. The van der Waals surface area contributed by atoms with E-state index in [0.29, 0.717) is 0 Å². The minimum atomic E-state index is 0.809. The predicted octanol–water partition coefficient (Wildman–Crippen LogP) is 1.38. The molecule has 0 rings (SSSR count). The van der Waals surface area contributed by atoms with Crippen LogP contribution in [0.5, 0.6) is 0 Å². The van der Waals surface area contributed by atoms with Gasteiger partial charge in [-0.3, -0.25) is 4.99 Å². The van der Waals surface area contributed by atoms with Crippen molar-refractivity contribution in [1.29, 1.82) is 0 Å². The van der Waals surface area contributed by atoms with Crippen molar-refractivity contribution in [2.45, 2.75) is 33.6 Å². The molecule has 0 amide bonds. The Labute approximate surface area is 93.5 Å². The van der Waals surface area contributed by atoms with Crippen molar-refractivity contribution in [2.24, 2.45) is 4.99 Å². The second kappa shape index (κ2) is 11.3. The molecule has 0 aliphatic heterocycles. The molecule has 0 heterocycles. The fourth-order valence-corrected chi connectivity index (χ4v) is 1.16. The van der Waals surface area contributed by atoms with Crippen LogP contribution in [-0.4, -0.2) is 38.8 Å². The van der Waals surface area contributed by atoms with Gasteiger partial charge < -0.3 is 15.4 Å². The normalized spacial score (nSPS) is 9.80. The van der Waals surface area contributed by atoms with Crippen LogP contribution >= 0.6 is 0 Å². The highest BCUT2D eigenvalue weighted by Gasteiger charge is 1.93. The maximum atomic E-state index is 5.26. The molecule has 0 atom stereocenters. The third kappa shape index (κ3) is 9.53. The summed E-state index contributed by atoms with van der Waals surface area (Å²) in [5.74, 6) is 0.913. The number of aliphatic imine (C=N–C) groups is 1. The van der Waals surface area contributed by atoms with Gasteiger partial charge in [-0.2, -0.15) is 0 Å². The molecule has 4 heteroatoms. The van der Waals surface area contributed by atoms with Crippen molar-refractivity contribution in [3.63, 3.8) is 0 Å². The zero-order valence-electron chi connectivity index (χ0n) is 10.3. The Morgan fingerprint density at radius 3 is 2.27 bits per heavy atom. The Bertz CT molecular complexity index is 152. The largest absolute Gasteiger partial charge is 0.382 e. The molecule has 0 spiro atoms. The van der Waals surface area contributed by atoms with Crippen LogP contribution in [0.25, 0.3) is 0 Å². The zero-order chi connectivity index (χ0) is 11.4. The van der Waals surface area contributed by atoms with Gasteiger partial charge in [-0.15, -0.1) is 0 Å². The Morgan fingerprint density at radius 2 is 1.73 bits per heavy atom. The van der Waals surface area contributed by atoms with Crippen molar-refractivity contribution < 1.29 is 4.74 Å². The Balaban J connectivity index is 3.51. The van der Waals surface area contributed by atoms with Gasteiger partial charge in [0.25, 0.3) is 0 Å². The van der Waals surface area contributed by atoms with Gasteiger partial charge in [-0.05, 0) is 33.6 Å². The molecule has 0 aliphatic carbocycles. The second-order valence-electron chi connectivity index (χ2n) is 3.20. The van der Waals surface area contributed by atoms with E-state index in [0.717, 1.165) is 51.6 Å². The summed E-state index contributed by atoms with van der Waals surface area (Å²) in [6.45, 7) is 10.5. The Morgan fingerprint density at radius 1 is 1.07 bits per heavy atom. The van der Waals surface area contributed by atoms with Gasteiger partial charge in [-0.1, -0.05) is 0 Å². The molecule has 0 saturated carbocycles. The average molecular weight is 215 g/mol. The highest BCUT2D eigenvalue weighted by atomic mass is 16.5. The third-order valence-corrected chi connectivity index (χ3v) is 1.86. The number of unbranched alkanes of at least 4 members (excludes halogenated alkanes) is 1. The van der Waals surface area contributed by atoms with Crippen molar-refractivity contribution in [3.05, 3.63) is 0 Å². The van der Waals surface area contributed by atoms with Crippen LogP contribution in [0, 0.1) is 0 Å². The summed E-state index contributed by atoms with van der Waals surface area (Å²) >= 11 is 0.